The Kier molecular flexibility index (Phi) is 4.49. The fourth-order valence-corrected chi connectivity index (χ4v) is 1.24. The SMILES string of the molecule is CCOC(=O)C=Cc1cnc(Br)c(C)c1. The van der Waals surface area contributed by atoms with Crippen LogP contribution in [0.1, 0.15) is 18.1 Å². The predicted octanol–water partition coefficient (Wildman–Crippen LogP) is 2.73. The second-order valence-electron chi connectivity index (χ2n) is 2.96. The molecule has 0 aliphatic carbocycles. The van der Waals surface area contributed by atoms with E-state index in [1.807, 2.05) is 13.0 Å². The number of nitrogens with zero attached hydrogens (tertiary/aromatic N) is 1. The summed E-state index contributed by atoms with van der Waals surface area (Å²) in [6, 6.07) is 1.94. The summed E-state index contributed by atoms with van der Waals surface area (Å²) in [5.74, 6) is -0.335. The van der Waals surface area contributed by atoms with Gasteiger partial charge in [0.15, 0.2) is 0 Å². The molecule has 0 saturated heterocycles. The van der Waals surface area contributed by atoms with Crippen molar-refractivity contribution < 1.29 is 9.53 Å². The van der Waals surface area contributed by atoms with Crippen molar-refractivity contribution in [2.24, 2.45) is 0 Å². The molecule has 0 bridgehead atoms. The second-order valence-corrected chi connectivity index (χ2v) is 3.71. The Morgan fingerprint density at radius 3 is 3.00 bits per heavy atom. The van der Waals surface area contributed by atoms with Crippen molar-refractivity contribution in [2.75, 3.05) is 6.61 Å². The van der Waals surface area contributed by atoms with Crippen molar-refractivity contribution in [3.05, 3.63) is 34.1 Å². The van der Waals surface area contributed by atoms with E-state index in [0.717, 1.165) is 15.7 Å². The van der Waals surface area contributed by atoms with Crippen molar-refractivity contribution in [1.82, 2.24) is 4.98 Å². The van der Waals surface area contributed by atoms with Gasteiger partial charge in [-0.3, -0.25) is 0 Å². The van der Waals surface area contributed by atoms with E-state index in [0.29, 0.717) is 6.61 Å². The highest BCUT2D eigenvalue weighted by Crippen LogP contribution is 2.14. The predicted molar refractivity (Wildman–Crippen MR) is 62.3 cm³/mol. The average molecular weight is 270 g/mol. The number of ether oxygens (including phenoxy) is 1. The Morgan fingerprint density at radius 2 is 2.40 bits per heavy atom. The minimum absolute atomic E-state index is 0.335. The minimum Gasteiger partial charge on any atom is -0.463 e. The van der Waals surface area contributed by atoms with E-state index in [2.05, 4.69) is 20.9 Å². The topological polar surface area (TPSA) is 39.2 Å². The molecule has 0 aromatic carbocycles. The molecule has 80 valence electrons. The first-order chi connectivity index (χ1) is 7.13. The summed E-state index contributed by atoms with van der Waals surface area (Å²) in [5, 5.41) is 0. The molecule has 4 heteroatoms. The van der Waals surface area contributed by atoms with E-state index in [4.69, 9.17) is 4.74 Å². The Bertz CT molecular complexity index is 388. The lowest BCUT2D eigenvalue weighted by Crippen LogP contribution is -1.98. The van der Waals surface area contributed by atoms with E-state index in [1.165, 1.54) is 6.08 Å². The van der Waals surface area contributed by atoms with E-state index < -0.39 is 0 Å². The lowest BCUT2D eigenvalue weighted by atomic mass is 10.2. The maximum atomic E-state index is 11.0. The van der Waals surface area contributed by atoms with Gasteiger partial charge in [0, 0.05) is 12.3 Å². The normalized spacial score (nSPS) is 10.6. The quantitative estimate of drug-likeness (QED) is 0.481. The van der Waals surface area contributed by atoms with Gasteiger partial charge in [0.2, 0.25) is 0 Å². The number of carbonyl (C=O) groups is 1. The van der Waals surface area contributed by atoms with Crippen LogP contribution in [-0.2, 0) is 9.53 Å². The monoisotopic (exact) mass is 269 g/mol. The Hall–Kier alpha value is -1.16. The molecule has 0 spiro atoms. The second kappa shape index (κ2) is 5.66. The van der Waals surface area contributed by atoms with E-state index >= 15 is 0 Å². The van der Waals surface area contributed by atoms with Crippen LogP contribution < -0.4 is 0 Å². The molecule has 1 aromatic rings. The Labute approximate surface area is 97.3 Å². The van der Waals surface area contributed by atoms with Crippen LogP contribution in [0.4, 0.5) is 0 Å². The number of halogens is 1. The third kappa shape index (κ3) is 3.83. The Balaban J connectivity index is 2.72. The van der Waals surface area contributed by atoms with Crippen molar-refractivity contribution in [2.45, 2.75) is 13.8 Å². The zero-order chi connectivity index (χ0) is 11.3. The summed E-state index contributed by atoms with van der Waals surface area (Å²) in [6.07, 6.45) is 4.77. The fraction of sp³-hybridized carbons (Fsp3) is 0.273. The summed E-state index contributed by atoms with van der Waals surface area (Å²) in [6.45, 7) is 4.11. The third-order valence-electron chi connectivity index (χ3n) is 1.73. The van der Waals surface area contributed by atoms with Crippen LogP contribution in [0.2, 0.25) is 0 Å². The number of aryl methyl sites for hydroxylation is 1. The molecular weight excluding hydrogens is 258 g/mol. The lowest BCUT2D eigenvalue weighted by Gasteiger charge is -1.98. The average Bonchev–Trinajstić information content (AvgIpc) is 2.20. The lowest BCUT2D eigenvalue weighted by molar-refractivity contribution is -0.137. The van der Waals surface area contributed by atoms with Crippen LogP contribution >= 0.6 is 15.9 Å². The van der Waals surface area contributed by atoms with Gasteiger partial charge in [-0.1, -0.05) is 0 Å². The van der Waals surface area contributed by atoms with Crippen LogP contribution in [-0.4, -0.2) is 17.6 Å². The molecule has 15 heavy (non-hydrogen) atoms. The zero-order valence-electron chi connectivity index (χ0n) is 8.66. The van der Waals surface area contributed by atoms with Gasteiger partial charge in [-0.05, 0) is 53.0 Å². The van der Waals surface area contributed by atoms with Gasteiger partial charge in [0.05, 0.1) is 6.61 Å². The third-order valence-corrected chi connectivity index (χ3v) is 2.56. The number of carbonyl (C=O) groups excluding carboxylic acids is 1. The maximum absolute atomic E-state index is 11.0. The Morgan fingerprint density at radius 1 is 1.67 bits per heavy atom. The van der Waals surface area contributed by atoms with Crippen LogP contribution in [0.5, 0.6) is 0 Å². The highest BCUT2D eigenvalue weighted by Gasteiger charge is 1.97. The largest absolute Gasteiger partial charge is 0.463 e. The zero-order valence-corrected chi connectivity index (χ0v) is 10.2. The molecule has 0 fully saturated rings. The molecule has 0 N–H and O–H groups in total. The van der Waals surface area contributed by atoms with Crippen LogP contribution in [0.25, 0.3) is 6.08 Å². The first kappa shape index (κ1) is 11.9. The number of aromatic nitrogens is 1. The molecule has 0 atom stereocenters. The molecule has 0 amide bonds. The summed E-state index contributed by atoms with van der Waals surface area (Å²) >= 11 is 3.31. The molecule has 0 radical (unpaired) electrons. The van der Waals surface area contributed by atoms with E-state index in [1.54, 1.807) is 19.2 Å². The van der Waals surface area contributed by atoms with Crippen LogP contribution in [0.3, 0.4) is 0 Å². The van der Waals surface area contributed by atoms with Crippen molar-refractivity contribution in [3.63, 3.8) is 0 Å². The maximum Gasteiger partial charge on any atom is 0.330 e. The fourth-order valence-electron chi connectivity index (χ4n) is 1.03. The van der Waals surface area contributed by atoms with Crippen LogP contribution in [0.15, 0.2) is 22.9 Å². The van der Waals surface area contributed by atoms with Crippen molar-refractivity contribution >= 4 is 28.0 Å². The molecule has 0 aliphatic heterocycles. The molecule has 0 aliphatic rings. The molecule has 3 nitrogen and oxygen atoms in total. The van der Waals surface area contributed by atoms with Crippen molar-refractivity contribution in [3.8, 4) is 0 Å². The minimum atomic E-state index is -0.335. The first-order valence-corrected chi connectivity index (χ1v) is 5.39. The van der Waals surface area contributed by atoms with E-state index in [-0.39, 0.29) is 5.97 Å². The van der Waals surface area contributed by atoms with Gasteiger partial charge >= 0.3 is 5.97 Å². The number of rotatable bonds is 3. The van der Waals surface area contributed by atoms with Crippen LogP contribution in [0, 0.1) is 6.92 Å². The number of pyridine rings is 1. The molecular formula is C11H12BrNO2. The number of hydrogen-bond donors (Lipinski definition) is 0. The molecule has 1 rings (SSSR count). The van der Waals surface area contributed by atoms with Crippen molar-refractivity contribution in [1.29, 1.82) is 0 Å². The summed E-state index contributed by atoms with van der Waals surface area (Å²) in [7, 11) is 0. The summed E-state index contributed by atoms with van der Waals surface area (Å²) in [5.41, 5.74) is 1.91. The molecule has 0 unspecified atom stereocenters. The highest BCUT2D eigenvalue weighted by atomic mass is 79.9. The van der Waals surface area contributed by atoms with Gasteiger partial charge in [-0.25, -0.2) is 9.78 Å². The number of hydrogen-bond acceptors (Lipinski definition) is 3. The first-order valence-electron chi connectivity index (χ1n) is 4.60. The number of esters is 1. The molecule has 1 aromatic heterocycles. The van der Waals surface area contributed by atoms with E-state index in [9.17, 15) is 4.79 Å². The smallest absolute Gasteiger partial charge is 0.330 e. The standard InChI is InChI=1S/C11H12BrNO2/c1-3-15-10(14)5-4-9-6-8(2)11(12)13-7-9/h4-7H,3H2,1-2H3. The summed E-state index contributed by atoms with van der Waals surface area (Å²) < 4.78 is 5.58. The van der Waals surface area contributed by atoms with Gasteiger partial charge in [0.1, 0.15) is 4.60 Å². The molecule has 0 saturated carbocycles. The van der Waals surface area contributed by atoms with Gasteiger partial charge in [0.25, 0.3) is 0 Å². The highest BCUT2D eigenvalue weighted by molar-refractivity contribution is 9.10. The van der Waals surface area contributed by atoms with Gasteiger partial charge in [-0.15, -0.1) is 0 Å². The molecule has 1 heterocycles. The summed E-state index contributed by atoms with van der Waals surface area (Å²) in [4.78, 5) is 15.1. The van der Waals surface area contributed by atoms with Gasteiger partial charge in [-0.2, -0.15) is 0 Å². The van der Waals surface area contributed by atoms with Gasteiger partial charge < -0.3 is 4.74 Å².